The molecule has 8 heteroatoms. The first-order valence-electron chi connectivity index (χ1n) is 10.8. The lowest BCUT2D eigenvalue weighted by atomic mass is 10.1. The molecule has 170 valence electrons. The maximum atomic E-state index is 13.1. The predicted molar refractivity (Wildman–Crippen MR) is 127 cm³/mol. The Bertz CT molecular complexity index is 1440. The number of amides is 3. The van der Waals surface area contributed by atoms with E-state index in [2.05, 4.69) is 5.32 Å². The molecular formula is C26H22N4O4. The van der Waals surface area contributed by atoms with E-state index in [0.717, 1.165) is 27.4 Å². The molecule has 3 heterocycles. The highest BCUT2D eigenvalue weighted by atomic mass is 16.5. The first kappa shape index (κ1) is 21.4. The average Bonchev–Trinajstić information content (AvgIpc) is 3.39. The average molecular weight is 454 g/mol. The molecule has 5 rings (SSSR count). The number of carbonyl (C=O) groups excluding carboxylic acids is 3. The van der Waals surface area contributed by atoms with Crippen LogP contribution < -0.4 is 10.1 Å². The van der Waals surface area contributed by atoms with Crippen molar-refractivity contribution >= 4 is 29.1 Å². The number of hydrogen-bond donors (Lipinski definition) is 1. The lowest BCUT2D eigenvalue weighted by Crippen LogP contribution is -2.45. The number of rotatable bonds is 5. The van der Waals surface area contributed by atoms with Crippen molar-refractivity contribution in [1.29, 1.82) is 0 Å². The Morgan fingerprint density at radius 2 is 1.74 bits per heavy atom. The molecule has 3 amide bonds. The number of nitrogens with zero attached hydrogens (tertiary/aromatic N) is 3. The van der Waals surface area contributed by atoms with Crippen LogP contribution in [0.2, 0.25) is 0 Å². The highest BCUT2D eigenvalue weighted by Gasteiger charge is 2.40. The van der Waals surface area contributed by atoms with E-state index in [9.17, 15) is 14.4 Å². The molecule has 0 radical (unpaired) electrons. The van der Waals surface area contributed by atoms with Gasteiger partial charge in [0.05, 0.1) is 29.6 Å². The number of imide groups is 1. The van der Waals surface area contributed by atoms with Crippen molar-refractivity contribution in [3.8, 4) is 17.0 Å². The summed E-state index contributed by atoms with van der Waals surface area (Å²) < 4.78 is 7.37. The van der Waals surface area contributed by atoms with E-state index in [4.69, 9.17) is 9.72 Å². The summed E-state index contributed by atoms with van der Waals surface area (Å²) in [4.78, 5) is 44.3. The monoisotopic (exact) mass is 454 g/mol. The third-order valence-electron chi connectivity index (χ3n) is 6.02. The molecule has 4 aromatic rings. The summed E-state index contributed by atoms with van der Waals surface area (Å²) in [5.74, 6) is -1.02. The number of carbonyl (C=O) groups is 3. The number of pyridine rings is 1. The maximum absolute atomic E-state index is 13.1. The Kier molecular flexibility index (Phi) is 5.13. The molecule has 2 aromatic heterocycles. The van der Waals surface area contributed by atoms with Crippen LogP contribution in [0.3, 0.4) is 0 Å². The van der Waals surface area contributed by atoms with Gasteiger partial charge in [-0.25, -0.2) is 4.98 Å². The number of imidazole rings is 1. The van der Waals surface area contributed by atoms with Crippen LogP contribution in [0.25, 0.3) is 16.9 Å². The molecule has 1 aliphatic rings. The standard InChI is InChI=1S/C26H22N4O4/c1-15-7-6-12-29-14-21(27-23(15)29)17-10-11-22(34-3)20(13-17)28-24(31)16(2)30-25(32)18-8-4-5-9-19(18)26(30)33/h4-14,16H,1-3H3,(H,28,31). The van der Waals surface area contributed by atoms with Crippen molar-refractivity contribution in [3.63, 3.8) is 0 Å². The second kappa shape index (κ2) is 8.15. The van der Waals surface area contributed by atoms with Crippen molar-refractivity contribution in [3.05, 3.63) is 83.7 Å². The van der Waals surface area contributed by atoms with Gasteiger partial charge in [-0.2, -0.15) is 0 Å². The van der Waals surface area contributed by atoms with E-state index in [1.165, 1.54) is 14.0 Å². The summed E-state index contributed by atoms with van der Waals surface area (Å²) in [6.45, 7) is 3.52. The van der Waals surface area contributed by atoms with E-state index in [1.54, 1.807) is 36.4 Å². The van der Waals surface area contributed by atoms with Gasteiger partial charge in [0, 0.05) is 18.0 Å². The van der Waals surface area contributed by atoms with E-state index >= 15 is 0 Å². The highest BCUT2D eigenvalue weighted by molar-refractivity contribution is 6.23. The number of ether oxygens (including phenoxy) is 1. The first-order chi connectivity index (χ1) is 16.4. The minimum atomic E-state index is -1.02. The molecule has 0 saturated carbocycles. The van der Waals surface area contributed by atoms with Crippen LogP contribution in [0.5, 0.6) is 5.75 Å². The van der Waals surface area contributed by atoms with E-state index in [1.807, 2.05) is 41.9 Å². The summed E-state index contributed by atoms with van der Waals surface area (Å²) in [5, 5.41) is 2.82. The molecule has 0 saturated heterocycles. The molecule has 1 atom stereocenters. The quantitative estimate of drug-likeness (QED) is 0.461. The summed E-state index contributed by atoms with van der Waals surface area (Å²) in [7, 11) is 1.51. The maximum Gasteiger partial charge on any atom is 0.262 e. The van der Waals surface area contributed by atoms with Crippen molar-refractivity contribution in [1.82, 2.24) is 14.3 Å². The third-order valence-corrected chi connectivity index (χ3v) is 6.02. The second-order valence-electron chi connectivity index (χ2n) is 8.15. The zero-order valence-electron chi connectivity index (χ0n) is 18.9. The van der Waals surface area contributed by atoms with Crippen LogP contribution in [0.4, 0.5) is 5.69 Å². The summed E-state index contributed by atoms with van der Waals surface area (Å²) >= 11 is 0. The lowest BCUT2D eigenvalue weighted by molar-refractivity contribution is -0.119. The number of methoxy groups -OCH3 is 1. The van der Waals surface area contributed by atoms with Gasteiger partial charge in [0.2, 0.25) is 5.91 Å². The van der Waals surface area contributed by atoms with Gasteiger partial charge in [0.15, 0.2) is 0 Å². The number of aryl methyl sites for hydroxylation is 1. The second-order valence-corrected chi connectivity index (χ2v) is 8.15. The van der Waals surface area contributed by atoms with Crippen LogP contribution >= 0.6 is 0 Å². The van der Waals surface area contributed by atoms with Crippen LogP contribution in [0.1, 0.15) is 33.2 Å². The smallest absolute Gasteiger partial charge is 0.262 e. The van der Waals surface area contributed by atoms with Gasteiger partial charge >= 0.3 is 0 Å². The molecule has 1 aliphatic heterocycles. The molecule has 1 N–H and O–H groups in total. The minimum Gasteiger partial charge on any atom is -0.495 e. The van der Waals surface area contributed by atoms with Gasteiger partial charge in [0.1, 0.15) is 17.4 Å². The van der Waals surface area contributed by atoms with Crippen LogP contribution in [-0.2, 0) is 4.79 Å². The minimum absolute atomic E-state index is 0.300. The molecule has 2 aromatic carbocycles. The SMILES string of the molecule is COc1ccc(-c2cn3cccc(C)c3n2)cc1NC(=O)C(C)N1C(=O)c2ccccc2C1=O. The van der Waals surface area contributed by atoms with Gasteiger partial charge < -0.3 is 14.5 Å². The van der Waals surface area contributed by atoms with Gasteiger partial charge in [0.25, 0.3) is 11.8 Å². The fourth-order valence-electron chi connectivity index (χ4n) is 4.17. The normalized spacial score (nSPS) is 13.8. The van der Waals surface area contributed by atoms with Gasteiger partial charge in [-0.15, -0.1) is 0 Å². The Morgan fingerprint density at radius 3 is 2.38 bits per heavy atom. The van der Waals surface area contributed by atoms with E-state index in [0.29, 0.717) is 22.6 Å². The number of aromatic nitrogens is 2. The Balaban J connectivity index is 1.43. The van der Waals surface area contributed by atoms with Gasteiger partial charge in [-0.05, 0) is 55.8 Å². The van der Waals surface area contributed by atoms with Crippen LogP contribution in [0, 0.1) is 6.92 Å². The zero-order valence-corrected chi connectivity index (χ0v) is 18.9. The largest absolute Gasteiger partial charge is 0.495 e. The number of anilines is 1. The van der Waals surface area contributed by atoms with Gasteiger partial charge in [-0.1, -0.05) is 18.2 Å². The third kappa shape index (κ3) is 3.40. The molecule has 0 aliphatic carbocycles. The summed E-state index contributed by atoms with van der Waals surface area (Å²) in [5.41, 5.74) is 4.43. The molecule has 0 bridgehead atoms. The molecule has 34 heavy (non-hydrogen) atoms. The number of hydrogen-bond acceptors (Lipinski definition) is 5. The van der Waals surface area contributed by atoms with E-state index < -0.39 is 23.8 Å². The first-order valence-corrected chi connectivity index (χ1v) is 10.8. The van der Waals surface area contributed by atoms with Crippen molar-refractivity contribution in [2.75, 3.05) is 12.4 Å². The van der Waals surface area contributed by atoms with Crippen molar-refractivity contribution < 1.29 is 19.1 Å². The van der Waals surface area contributed by atoms with Crippen LogP contribution in [0.15, 0.2) is 67.0 Å². The fourth-order valence-corrected chi connectivity index (χ4v) is 4.17. The van der Waals surface area contributed by atoms with Gasteiger partial charge in [-0.3, -0.25) is 19.3 Å². The Hall–Kier alpha value is -4.46. The van der Waals surface area contributed by atoms with Crippen LogP contribution in [-0.4, -0.2) is 45.2 Å². The lowest BCUT2D eigenvalue weighted by Gasteiger charge is -2.22. The molecule has 1 unspecified atom stereocenters. The number of benzene rings is 2. The topological polar surface area (TPSA) is 93.0 Å². The molecular weight excluding hydrogens is 432 g/mol. The molecule has 8 nitrogen and oxygen atoms in total. The van der Waals surface area contributed by atoms with Crippen molar-refractivity contribution in [2.24, 2.45) is 0 Å². The Morgan fingerprint density at radius 1 is 1.03 bits per heavy atom. The number of fused-ring (bicyclic) bond motifs is 2. The predicted octanol–water partition coefficient (Wildman–Crippen LogP) is 3.94. The molecule has 0 spiro atoms. The Labute approximate surface area is 195 Å². The fraction of sp³-hybridized carbons (Fsp3) is 0.154. The van der Waals surface area contributed by atoms with Crippen molar-refractivity contribution in [2.45, 2.75) is 19.9 Å². The summed E-state index contributed by atoms with van der Waals surface area (Å²) in [6, 6.07) is 14.9. The highest BCUT2D eigenvalue weighted by Crippen LogP contribution is 2.32. The zero-order chi connectivity index (χ0) is 24.0. The molecule has 0 fully saturated rings. The van der Waals surface area contributed by atoms with E-state index in [-0.39, 0.29) is 0 Å². The number of nitrogens with one attached hydrogen (secondary N) is 1. The summed E-state index contributed by atoms with van der Waals surface area (Å²) in [6.07, 6.45) is 3.84.